The lowest BCUT2D eigenvalue weighted by molar-refractivity contribution is 0.616. The first-order valence-corrected chi connectivity index (χ1v) is 6.63. The molecule has 2 aromatic carbocycles. The molecule has 0 radical (unpaired) electrons. The van der Waals surface area contributed by atoms with Crippen molar-refractivity contribution in [1.82, 2.24) is 9.55 Å². The largest absolute Gasteiger partial charge is 0.399 e. The second-order valence-corrected chi connectivity index (χ2v) is 4.92. The highest BCUT2D eigenvalue weighted by Gasteiger charge is 2.14. The number of nitrogens with two attached hydrogens (primary N) is 1. The Balaban J connectivity index is 2.37. The minimum absolute atomic E-state index is 0.249. The van der Waals surface area contributed by atoms with E-state index >= 15 is 0 Å². The van der Waals surface area contributed by atoms with Crippen molar-refractivity contribution in [3.63, 3.8) is 0 Å². The number of hydrogen-bond donors (Lipinski definition) is 1. The molecule has 0 bridgehead atoms. The van der Waals surface area contributed by atoms with Gasteiger partial charge in [-0.05, 0) is 42.8 Å². The summed E-state index contributed by atoms with van der Waals surface area (Å²) in [7, 11) is 0. The highest BCUT2D eigenvalue weighted by Crippen LogP contribution is 2.26. The molecule has 0 atom stereocenters. The van der Waals surface area contributed by atoms with Gasteiger partial charge < -0.3 is 5.73 Å². The predicted octanol–water partition coefficient (Wildman–Crippen LogP) is 3.62. The van der Waals surface area contributed by atoms with Gasteiger partial charge in [-0.15, -0.1) is 0 Å². The summed E-state index contributed by atoms with van der Waals surface area (Å²) in [6, 6.07) is 10.6. The van der Waals surface area contributed by atoms with Crippen LogP contribution in [0.3, 0.4) is 0 Å². The number of fused-ring (bicyclic) bond motifs is 1. The molecule has 0 saturated heterocycles. The lowest BCUT2D eigenvalue weighted by Gasteiger charge is -2.10. The van der Waals surface area contributed by atoms with Crippen molar-refractivity contribution in [3.05, 3.63) is 53.6 Å². The number of imidazole rings is 1. The fourth-order valence-corrected chi connectivity index (χ4v) is 2.45. The number of aryl methyl sites for hydroxylation is 2. The third-order valence-corrected chi connectivity index (χ3v) is 3.41. The molecule has 102 valence electrons. The molecule has 3 nitrogen and oxygen atoms in total. The van der Waals surface area contributed by atoms with Gasteiger partial charge in [0.2, 0.25) is 0 Å². The number of rotatable bonds is 2. The van der Waals surface area contributed by atoms with E-state index in [0.29, 0.717) is 11.4 Å². The molecule has 1 heterocycles. The Morgan fingerprint density at radius 2 is 2.00 bits per heavy atom. The second kappa shape index (κ2) is 4.63. The van der Waals surface area contributed by atoms with E-state index in [1.807, 2.05) is 42.7 Å². The van der Waals surface area contributed by atoms with Crippen molar-refractivity contribution >= 4 is 16.7 Å². The third kappa shape index (κ3) is 1.93. The van der Waals surface area contributed by atoms with Gasteiger partial charge in [0.15, 0.2) is 0 Å². The monoisotopic (exact) mass is 269 g/mol. The van der Waals surface area contributed by atoms with Crippen molar-refractivity contribution in [3.8, 4) is 5.69 Å². The van der Waals surface area contributed by atoms with Gasteiger partial charge in [-0.25, -0.2) is 9.37 Å². The van der Waals surface area contributed by atoms with Crippen LogP contribution in [0.15, 0.2) is 36.4 Å². The first-order chi connectivity index (χ1) is 9.60. The first-order valence-electron chi connectivity index (χ1n) is 6.63. The van der Waals surface area contributed by atoms with Gasteiger partial charge in [0.25, 0.3) is 0 Å². The van der Waals surface area contributed by atoms with E-state index in [-0.39, 0.29) is 5.82 Å². The maximum absolute atomic E-state index is 14.2. The van der Waals surface area contributed by atoms with Crippen LogP contribution in [-0.4, -0.2) is 9.55 Å². The van der Waals surface area contributed by atoms with Crippen molar-refractivity contribution in [2.24, 2.45) is 0 Å². The molecule has 20 heavy (non-hydrogen) atoms. The Labute approximate surface area is 116 Å². The van der Waals surface area contributed by atoms with Gasteiger partial charge in [0.05, 0.1) is 16.7 Å². The maximum Gasteiger partial charge on any atom is 0.147 e. The van der Waals surface area contributed by atoms with Crippen LogP contribution in [0.2, 0.25) is 0 Å². The topological polar surface area (TPSA) is 43.8 Å². The Hall–Kier alpha value is -2.36. The highest BCUT2D eigenvalue weighted by molar-refractivity contribution is 5.81. The molecule has 1 aromatic heterocycles. The van der Waals surface area contributed by atoms with Gasteiger partial charge in [0, 0.05) is 12.1 Å². The van der Waals surface area contributed by atoms with Crippen LogP contribution in [0.25, 0.3) is 16.7 Å². The van der Waals surface area contributed by atoms with Gasteiger partial charge >= 0.3 is 0 Å². The van der Waals surface area contributed by atoms with Crippen LogP contribution in [-0.2, 0) is 6.42 Å². The van der Waals surface area contributed by atoms with Crippen LogP contribution in [0.1, 0.15) is 18.3 Å². The number of anilines is 1. The lowest BCUT2D eigenvalue weighted by atomic mass is 10.2. The normalized spacial score (nSPS) is 11.2. The number of aromatic nitrogens is 2. The fraction of sp³-hybridized carbons (Fsp3) is 0.188. The first kappa shape index (κ1) is 12.7. The van der Waals surface area contributed by atoms with E-state index in [9.17, 15) is 4.39 Å². The summed E-state index contributed by atoms with van der Waals surface area (Å²) in [5.74, 6) is 0.580. The summed E-state index contributed by atoms with van der Waals surface area (Å²) >= 11 is 0. The number of hydrogen-bond acceptors (Lipinski definition) is 2. The zero-order chi connectivity index (χ0) is 14.3. The molecule has 4 heteroatoms. The number of nitrogens with zero attached hydrogens (tertiary/aromatic N) is 2. The molecular weight excluding hydrogens is 253 g/mol. The summed E-state index contributed by atoms with van der Waals surface area (Å²) in [5.41, 5.74) is 9.68. The van der Waals surface area contributed by atoms with Crippen molar-refractivity contribution < 1.29 is 4.39 Å². The number of benzene rings is 2. The predicted molar refractivity (Wildman–Crippen MR) is 79.6 cm³/mol. The van der Waals surface area contributed by atoms with Crippen LogP contribution in [0, 0.1) is 12.7 Å². The average molecular weight is 269 g/mol. The van der Waals surface area contributed by atoms with Gasteiger partial charge in [0.1, 0.15) is 11.6 Å². The van der Waals surface area contributed by atoms with E-state index < -0.39 is 0 Å². The molecule has 3 aromatic rings. The molecule has 2 N–H and O–H groups in total. The molecule has 0 aliphatic carbocycles. The van der Waals surface area contributed by atoms with Gasteiger partial charge in [-0.1, -0.05) is 13.0 Å². The zero-order valence-electron chi connectivity index (χ0n) is 11.5. The molecule has 0 aliphatic heterocycles. The van der Waals surface area contributed by atoms with Crippen LogP contribution >= 0.6 is 0 Å². The van der Waals surface area contributed by atoms with E-state index in [4.69, 9.17) is 5.73 Å². The summed E-state index contributed by atoms with van der Waals surface area (Å²) in [6.45, 7) is 3.96. The minimum atomic E-state index is -0.249. The Bertz CT molecular complexity index is 790. The fourth-order valence-electron chi connectivity index (χ4n) is 2.45. The van der Waals surface area contributed by atoms with Crippen molar-refractivity contribution in [2.75, 3.05) is 5.73 Å². The molecule has 0 fully saturated rings. The van der Waals surface area contributed by atoms with E-state index in [0.717, 1.165) is 28.8 Å². The van der Waals surface area contributed by atoms with Gasteiger partial charge in [-0.3, -0.25) is 4.57 Å². The highest BCUT2D eigenvalue weighted by atomic mass is 19.1. The summed E-state index contributed by atoms with van der Waals surface area (Å²) in [6.07, 6.45) is 0.724. The smallest absolute Gasteiger partial charge is 0.147 e. The van der Waals surface area contributed by atoms with E-state index in [1.54, 1.807) is 6.07 Å². The number of halogens is 1. The molecule has 0 amide bonds. The minimum Gasteiger partial charge on any atom is -0.399 e. The maximum atomic E-state index is 14.2. The van der Waals surface area contributed by atoms with Crippen LogP contribution < -0.4 is 5.73 Å². The third-order valence-electron chi connectivity index (χ3n) is 3.41. The molecule has 3 rings (SSSR count). The Kier molecular flexibility index (Phi) is 2.93. The molecule has 0 unspecified atom stereocenters. The van der Waals surface area contributed by atoms with E-state index in [2.05, 4.69) is 4.98 Å². The standard InChI is InChI=1S/C16H16FN3/c1-3-16-19-13-9-11(18)5-7-14(13)20(16)15-8-10(2)4-6-12(15)17/h4-9H,3,18H2,1-2H3. The van der Waals surface area contributed by atoms with E-state index in [1.165, 1.54) is 6.07 Å². The molecule has 0 aliphatic rings. The van der Waals surface area contributed by atoms with Crippen LogP contribution in [0.4, 0.5) is 10.1 Å². The average Bonchev–Trinajstić information content (AvgIpc) is 2.78. The molecular formula is C16H16FN3. The van der Waals surface area contributed by atoms with Gasteiger partial charge in [-0.2, -0.15) is 0 Å². The Morgan fingerprint density at radius 3 is 2.75 bits per heavy atom. The van der Waals surface area contributed by atoms with Crippen molar-refractivity contribution in [1.29, 1.82) is 0 Å². The SMILES string of the molecule is CCc1nc2cc(N)ccc2n1-c1cc(C)ccc1F. The quantitative estimate of drug-likeness (QED) is 0.722. The van der Waals surface area contributed by atoms with Crippen LogP contribution in [0.5, 0.6) is 0 Å². The summed E-state index contributed by atoms with van der Waals surface area (Å²) < 4.78 is 16.1. The molecule has 0 saturated carbocycles. The second-order valence-electron chi connectivity index (χ2n) is 4.92. The Morgan fingerprint density at radius 1 is 1.20 bits per heavy atom. The molecule has 0 spiro atoms. The van der Waals surface area contributed by atoms with Crippen molar-refractivity contribution in [2.45, 2.75) is 20.3 Å². The summed E-state index contributed by atoms with van der Waals surface area (Å²) in [4.78, 5) is 4.56. The zero-order valence-corrected chi connectivity index (χ0v) is 11.5. The summed E-state index contributed by atoms with van der Waals surface area (Å²) in [5, 5.41) is 0. The number of nitrogen functional groups attached to an aromatic ring is 1. The lowest BCUT2D eigenvalue weighted by Crippen LogP contribution is -2.03.